The number of carbonyl (C=O) groups excluding carboxylic acids is 2. The van der Waals surface area contributed by atoms with E-state index >= 15 is 0 Å². The summed E-state index contributed by atoms with van der Waals surface area (Å²) in [5.74, 6) is -0.378. The second kappa shape index (κ2) is 8.37. The Labute approximate surface area is 159 Å². The summed E-state index contributed by atoms with van der Waals surface area (Å²) >= 11 is 5.90. The Hall–Kier alpha value is -2.33. The van der Waals surface area contributed by atoms with Crippen LogP contribution < -0.4 is 10.2 Å². The predicted octanol–water partition coefficient (Wildman–Crippen LogP) is 3.83. The van der Waals surface area contributed by atoms with Crippen LogP contribution in [0.25, 0.3) is 0 Å². The van der Waals surface area contributed by atoms with Gasteiger partial charge >= 0.3 is 0 Å². The first kappa shape index (κ1) is 18.5. The smallest absolute Gasteiger partial charge is 0.227 e. The summed E-state index contributed by atoms with van der Waals surface area (Å²) in [4.78, 5) is 26.5. The van der Waals surface area contributed by atoms with E-state index in [9.17, 15) is 9.59 Å². The third-order valence-corrected chi connectivity index (χ3v) is 4.98. The summed E-state index contributed by atoms with van der Waals surface area (Å²) in [5, 5.41) is 3.68. The molecule has 2 unspecified atom stereocenters. The lowest BCUT2D eigenvalue weighted by Crippen LogP contribution is -2.38. The van der Waals surface area contributed by atoms with Gasteiger partial charge in [-0.05, 0) is 49.6 Å². The number of rotatable bonds is 6. The summed E-state index contributed by atoms with van der Waals surface area (Å²) in [5.41, 5.74) is 2.05. The average Bonchev–Trinajstić information content (AvgIpc) is 3.03. The lowest BCUT2D eigenvalue weighted by Gasteiger charge is -2.18. The molecule has 0 radical (unpaired) electrons. The number of anilines is 1. The van der Waals surface area contributed by atoms with E-state index in [0.29, 0.717) is 11.6 Å². The van der Waals surface area contributed by atoms with Gasteiger partial charge in [-0.3, -0.25) is 9.59 Å². The molecular weight excluding hydrogens is 348 g/mol. The Morgan fingerprint density at radius 3 is 2.58 bits per heavy atom. The standard InChI is InChI=1S/C21H23ClN2O2/c1-15(7-8-16-5-3-2-4-6-16)23-21(26)17-13-20(25)24(14-17)19-11-9-18(22)10-12-19/h2-6,9-12,15,17H,7-8,13-14H2,1H3,(H,23,26). The maximum absolute atomic E-state index is 12.5. The zero-order valence-corrected chi connectivity index (χ0v) is 15.6. The quantitative estimate of drug-likeness (QED) is 0.840. The number of nitrogens with zero attached hydrogens (tertiary/aromatic N) is 1. The van der Waals surface area contributed by atoms with E-state index in [-0.39, 0.29) is 30.2 Å². The molecule has 2 aromatic carbocycles. The first-order valence-electron chi connectivity index (χ1n) is 8.93. The molecule has 0 aromatic heterocycles. The molecule has 26 heavy (non-hydrogen) atoms. The van der Waals surface area contributed by atoms with Gasteiger partial charge in [-0.25, -0.2) is 0 Å². The minimum absolute atomic E-state index is 0.0237. The first-order valence-corrected chi connectivity index (χ1v) is 9.31. The molecule has 1 saturated heterocycles. The van der Waals surface area contributed by atoms with Crippen molar-refractivity contribution in [3.8, 4) is 0 Å². The summed E-state index contributed by atoms with van der Waals surface area (Å²) in [7, 11) is 0. The van der Waals surface area contributed by atoms with E-state index in [1.54, 1.807) is 17.0 Å². The number of carbonyl (C=O) groups is 2. The van der Waals surface area contributed by atoms with E-state index < -0.39 is 0 Å². The van der Waals surface area contributed by atoms with Gasteiger partial charge in [0.25, 0.3) is 0 Å². The monoisotopic (exact) mass is 370 g/mol. The van der Waals surface area contributed by atoms with Gasteiger partial charge in [-0.1, -0.05) is 41.9 Å². The van der Waals surface area contributed by atoms with Crippen LogP contribution in [-0.2, 0) is 16.0 Å². The van der Waals surface area contributed by atoms with E-state index in [2.05, 4.69) is 17.4 Å². The Balaban J connectivity index is 1.52. The first-order chi connectivity index (χ1) is 12.5. The van der Waals surface area contributed by atoms with Crippen LogP contribution in [0.5, 0.6) is 0 Å². The van der Waals surface area contributed by atoms with Crippen molar-refractivity contribution in [1.82, 2.24) is 5.32 Å². The molecule has 0 saturated carbocycles. The number of hydrogen-bond donors (Lipinski definition) is 1. The highest BCUT2D eigenvalue weighted by Gasteiger charge is 2.35. The van der Waals surface area contributed by atoms with Gasteiger partial charge in [-0.2, -0.15) is 0 Å². The van der Waals surface area contributed by atoms with Gasteiger partial charge in [-0.15, -0.1) is 0 Å². The van der Waals surface area contributed by atoms with Crippen molar-refractivity contribution in [3.05, 3.63) is 65.2 Å². The highest BCUT2D eigenvalue weighted by Crippen LogP contribution is 2.26. The van der Waals surface area contributed by atoms with Crippen LogP contribution in [0.2, 0.25) is 5.02 Å². The molecule has 1 aliphatic heterocycles. The van der Waals surface area contributed by atoms with E-state index in [1.807, 2.05) is 37.3 Å². The van der Waals surface area contributed by atoms with Crippen LogP contribution in [0.4, 0.5) is 5.69 Å². The average molecular weight is 371 g/mol. The Morgan fingerprint density at radius 2 is 1.88 bits per heavy atom. The maximum atomic E-state index is 12.5. The number of amides is 2. The minimum Gasteiger partial charge on any atom is -0.353 e. The summed E-state index contributed by atoms with van der Waals surface area (Å²) < 4.78 is 0. The molecule has 0 bridgehead atoms. The van der Waals surface area contributed by atoms with Gasteiger partial charge in [0.15, 0.2) is 0 Å². The SMILES string of the molecule is CC(CCc1ccccc1)NC(=O)C1CC(=O)N(c2ccc(Cl)cc2)C1. The molecule has 1 fully saturated rings. The Bertz CT molecular complexity index is 761. The number of benzene rings is 2. The fourth-order valence-electron chi connectivity index (χ4n) is 3.21. The second-order valence-corrected chi connectivity index (χ2v) is 7.25. The molecule has 2 atom stereocenters. The van der Waals surface area contributed by atoms with E-state index in [4.69, 9.17) is 11.6 Å². The van der Waals surface area contributed by atoms with Crippen molar-refractivity contribution in [2.45, 2.75) is 32.2 Å². The van der Waals surface area contributed by atoms with Crippen LogP contribution in [-0.4, -0.2) is 24.4 Å². The third kappa shape index (κ3) is 4.64. The molecule has 136 valence electrons. The molecule has 1 heterocycles. The van der Waals surface area contributed by atoms with Crippen molar-refractivity contribution < 1.29 is 9.59 Å². The lowest BCUT2D eigenvalue weighted by molar-refractivity contribution is -0.126. The van der Waals surface area contributed by atoms with Gasteiger partial charge in [0.2, 0.25) is 11.8 Å². The molecule has 0 spiro atoms. The fourth-order valence-corrected chi connectivity index (χ4v) is 3.34. The van der Waals surface area contributed by atoms with Crippen LogP contribution in [0.3, 0.4) is 0 Å². The van der Waals surface area contributed by atoms with E-state index in [0.717, 1.165) is 18.5 Å². The number of hydrogen-bond acceptors (Lipinski definition) is 2. The molecule has 1 N–H and O–H groups in total. The van der Waals surface area contributed by atoms with Crippen molar-refractivity contribution in [1.29, 1.82) is 0 Å². The van der Waals surface area contributed by atoms with Crippen molar-refractivity contribution in [3.63, 3.8) is 0 Å². The van der Waals surface area contributed by atoms with Crippen LogP contribution in [0.1, 0.15) is 25.3 Å². The third-order valence-electron chi connectivity index (χ3n) is 4.73. The van der Waals surface area contributed by atoms with Crippen LogP contribution >= 0.6 is 11.6 Å². The topological polar surface area (TPSA) is 49.4 Å². The highest BCUT2D eigenvalue weighted by atomic mass is 35.5. The van der Waals surface area contributed by atoms with Crippen molar-refractivity contribution in [2.24, 2.45) is 5.92 Å². The molecule has 5 heteroatoms. The normalized spacial score (nSPS) is 18.0. The Morgan fingerprint density at radius 1 is 1.19 bits per heavy atom. The van der Waals surface area contributed by atoms with Crippen LogP contribution in [0, 0.1) is 5.92 Å². The largest absolute Gasteiger partial charge is 0.353 e. The minimum atomic E-state index is -0.308. The molecule has 2 amide bonds. The molecule has 1 aliphatic rings. The molecule has 4 nitrogen and oxygen atoms in total. The second-order valence-electron chi connectivity index (χ2n) is 6.82. The van der Waals surface area contributed by atoms with Crippen molar-refractivity contribution in [2.75, 3.05) is 11.4 Å². The van der Waals surface area contributed by atoms with Crippen molar-refractivity contribution >= 4 is 29.1 Å². The Kier molecular flexibility index (Phi) is 5.94. The summed E-state index contributed by atoms with van der Waals surface area (Å²) in [6, 6.07) is 17.4. The predicted molar refractivity (Wildman–Crippen MR) is 104 cm³/mol. The number of aryl methyl sites for hydroxylation is 1. The maximum Gasteiger partial charge on any atom is 0.227 e. The summed E-state index contributed by atoms with van der Waals surface area (Å²) in [6.07, 6.45) is 2.04. The van der Waals surface area contributed by atoms with Gasteiger partial charge < -0.3 is 10.2 Å². The molecule has 2 aromatic rings. The zero-order chi connectivity index (χ0) is 18.5. The lowest BCUT2D eigenvalue weighted by atomic mass is 10.0. The molecule has 3 rings (SSSR count). The molecular formula is C21H23ClN2O2. The van der Waals surface area contributed by atoms with Gasteiger partial charge in [0.1, 0.15) is 0 Å². The van der Waals surface area contributed by atoms with Crippen LogP contribution in [0.15, 0.2) is 54.6 Å². The fraction of sp³-hybridized carbons (Fsp3) is 0.333. The summed E-state index contributed by atoms with van der Waals surface area (Å²) in [6.45, 7) is 2.42. The van der Waals surface area contributed by atoms with Gasteiger partial charge in [0.05, 0.1) is 5.92 Å². The zero-order valence-electron chi connectivity index (χ0n) is 14.8. The number of nitrogens with one attached hydrogen (secondary N) is 1. The molecule has 0 aliphatic carbocycles. The van der Waals surface area contributed by atoms with Gasteiger partial charge in [0, 0.05) is 29.7 Å². The highest BCUT2D eigenvalue weighted by molar-refractivity contribution is 6.30. The number of halogens is 1. The van der Waals surface area contributed by atoms with E-state index in [1.165, 1.54) is 5.56 Å².